The van der Waals surface area contributed by atoms with E-state index < -0.39 is 32.1 Å². The predicted octanol–water partition coefficient (Wildman–Crippen LogP) is -1.44. The Labute approximate surface area is 140 Å². The maximum atomic E-state index is 11.7. The van der Waals surface area contributed by atoms with E-state index in [4.69, 9.17) is 15.2 Å². The number of anilines is 2. The van der Waals surface area contributed by atoms with E-state index >= 15 is 0 Å². The third-order valence-corrected chi connectivity index (χ3v) is 4.57. The molecule has 0 amide bonds. The number of aliphatic hydroxyl groups excluding tert-OH is 2. The number of aromatic amines is 1. The lowest BCUT2D eigenvalue weighted by molar-refractivity contribution is -0.220. The van der Waals surface area contributed by atoms with Crippen LogP contribution in [0.5, 0.6) is 0 Å². The highest BCUT2D eigenvalue weighted by Crippen LogP contribution is 2.43. The SMILES string of the molecule is COP(=O)(O)CO[C@@]1(Nc2nc(N)nc3nc[nH]c23)OC[C@@H](O)[C@H]1O. The van der Waals surface area contributed by atoms with Crippen LogP contribution in [0, 0.1) is 0 Å². The number of ether oxygens (including phenoxy) is 2. The van der Waals surface area contributed by atoms with Crippen molar-refractivity contribution < 1.29 is 33.7 Å². The first-order chi connectivity index (χ1) is 11.8. The van der Waals surface area contributed by atoms with E-state index in [2.05, 4.69) is 29.8 Å². The fourth-order valence-corrected chi connectivity index (χ4v) is 2.71. The van der Waals surface area contributed by atoms with Crippen molar-refractivity contribution in [1.82, 2.24) is 19.9 Å². The van der Waals surface area contributed by atoms with Crippen molar-refractivity contribution in [3.05, 3.63) is 6.33 Å². The van der Waals surface area contributed by atoms with E-state index in [1.165, 1.54) is 6.33 Å². The first-order valence-corrected chi connectivity index (χ1v) is 8.79. The van der Waals surface area contributed by atoms with Gasteiger partial charge in [0.2, 0.25) is 5.95 Å². The molecule has 1 aliphatic heterocycles. The lowest BCUT2D eigenvalue weighted by atomic mass is 10.2. The van der Waals surface area contributed by atoms with Crippen molar-refractivity contribution in [1.29, 1.82) is 0 Å². The van der Waals surface area contributed by atoms with Gasteiger partial charge in [0, 0.05) is 7.11 Å². The Kier molecular flexibility index (Phi) is 4.64. The number of hydrogen-bond acceptors (Lipinski definition) is 11. The Balaban J connectivity index is 1.95. The minimum absolute atomic E-state index is 0.0540. The maximum Gasteiger partial charge on any atom is 0.353 e. The molecule has 14 heteroatoms. The Morgan fingerprint density at radius 3 is 2.96 bits per heavy atom. The molecule has 0 aliphatic carbocycles. The average Bonchev–Trinajstić information content (AvgIpc) is 3.14. The zero-order valence-corrected chi connectivity index (χ0v) is 13.9. The fourth-order valence-electron chi connectivity index (χ4n) is 2.25. The Morgan fingerprint density at radius 2 is 2.32 bits per heavy atom. The molecule has 0 spiro atoms. The van der Waals surface area contributed by atoms with E-state index in [0.29, 0.717) is 5.52 Å². The topological polar surface area (TPSA) is 198 Å². The number of nitrogens with one attached hydrogen (secondary N) is 2. The van der Waals surface area contributed by atoms with Gasteiger partial charge in [0.15, 0.2) is 23.9 Å². The summed E-state index contributed by atoms with van der Waals surface area (Å²) in [6.07, 6.45) is -2.36. The molecule has 3 heterocycles. The van der Waals surface area contributed by atoms with Crippen molar-refractivity contribution in [3.8, 4) is 0 Å². The molecule has 2 aromatic rings. The molecule has 1 aliphatic rings. The first kappa shape index (κ1) is 17.9. The lowest BCUT2D eigenvalue weighted by Gasteiger charge is -2.33. The molecule has 2 aromatic heterocycles. The second-order valence-electron chi connectivity index (χ2n) is 5.24. The van der Waals surface area contributed by atoms with Crippen LogP contribution in [0.1, 0.15) is 0 Å². The van der Waals surface area contributed by atoms with E-state index in [1.807, 2.05) is 0 Å². The summed E-state index contributed by atoms with van der Waals surface area (Å²) in [5.74, 6) is -2.12. The number of nitrogen functional groups attached to an aromatic ring is 1. The Morgan fingerprint density at radius 1 is 1.56 bits per heavy atom. The van der Waals surface area contributed by atoms with Gasteiger partial charge < -0.3 is 45.1 Å². The van der Waals surface area contributed by atoms with Crippen molar-refractivity contribution >= 4 is 30.5 Å². The van der Waals surface area contributed by atoms with Crippen molar-refractivity contribution in [2.45, 2.75) is 18.1 Å². The molecule has 4 atom stereocenters. The van der Waals surface area contributed by atoms with Crippen LogP contribution in [0.4, 0.5) is 11.8 Å². The molecule has 25 heavy (non-hydrogen) atoms. The molecule has 7 N–H and O–H groups in total. The van der Waals surface area contributed by atoms with Gasteiger partial charge in [-0.15, -0.1) is 0 Å². The summed E-state index contributed by atoms with van der Waals surface area (Å²) in [7, 11) is -3.05. The van der Waals surface area contributed by atoms with Gasteiger partial charge in [-0.25, -0.2) is 4.98 Å². The molecule has 1 fully saturated rings. The van der Waals surface area contributed by atoms with Crippen LogP contribution in [-0.2, 0) is 18.6 Å². The number of hydrogen-bond donors (Lipinski definition) is 6. The number of nitrogens with zero attached hydrogens (tertiary/aromatic N) is 3. The number of aliphatic hydroxyl groups is 2. The zero-order chi connectivity index (χ0) is 18.2. The summed E-state index contributed by atoms with van der Waals surface area (Å²) in [6, 6.07) is 0. The fraction of sp³-hybridized carbons (Fsp3) is 0.545. The van der Waals surface area contributed by atoms with E-state index in [-0.39, 0.29) is 24.0 Å². The normalized spacial score (nSPS) is 29.0. The first-order valence-electron chi connectivity index (χ1n) is 7.03. The minimum atomic E-state index is -4.08. The van der Waals surface area contributed by atoms with Gasteiger partial charge in [-0.3, -0.25) is 4.57 Å². The average molecular weight is 376 g/mol. The Bertz CT molecular complexity index is 817. The number of fused-ring (bicyclic) bond motifs is 1. The van der Waals surface area contributed by atoms with Gasteiger partial charge >= 0.3 is 7.60 Å². The van der Waals surface area contributed by atoms with Gasteiger partial charge in [0.05, 0.1) is 12.9 Å². The molecule has 1 saturated heterocycles. The van der Waals surface area contributed by atoms with Crippen molar-refractivity contribution in [2.75, 3.05) is 31.1 Å². The second-order valence-corrected chi connectivity index (χ2v) is 7.14. The molecule has 138 valence electrons. The molecule has 0 saturated carbocycles. The van der Waals surface area contributed by atoms with Crippen LogP contribution in [0.15, 0.2) is 6.33 Å². The van der Waals surface area contributed by atoms with Crippen LogP contribution in [0.3, 0.4) is 0 Å². The summed E-state index contributed by atoms with van der Waals surface area (Å²) in [6.45, 7) is -0.288. The van der Waals surface area contributed by atoms with Crippen LogP contribution >= 0.6 is 7.60 Å². The highest BCUT2D eigenvalue weighted by Gasteiger charge is 2.52. The van der Waals surface area contributed by atoms with Crippen LogP contribution < -0.4 is 11.1 Å². The quantitative estimate of drug-likeness (QED) is 0.254. The molecule has 0 bridgehead atoms. The lowest BCUT2D eigenvalue weighted by Crippen LogP contribution is -2.52. The van der Waals surface area contributed by atoms with Crippen molar-refractivity contribution in [3.63, 3.8) is 0 Å². The van der Waals surface area contributed by atoms with E-state index in [9.17, 15) is 19.7 Å². The Hall–Kier alpha value is -1.86. The zero-order valence-electron chi connectivity index (χ0n) is 13.0. The maximum absolute atomic E-state index is 11.7. The third kappa shape index (κ3) is 3.43. The van der Waals surface area contributed by atoms with Crippen LogP contribution in [0.25, 0.3) is 11.2 Å². The standard InChI is InChI=1S/C11H17N6O7P/c1-22-25(20,21)4-24-11(7(19)5(18)2-23-11)17-9-6-8(14-3-13-6)15-10(12)16-9/h3,5,7,18-19H,2,4H2,1H3,(H,20,21)(H4,12,13,14,15,16,17)/t5-,7-,11+/m1/s1. The molecule has 0 aromatic carbocycles. The monoisotopic (exact) mass is 376 g/mol. The highest BCUT2D eigenvalue weighted by atomic mass is 31.2. The van der Waals surface area contributed by atoms with Gasteiger partial charge in [0.1, 0.15) is 11.6 Å². The molecule has 0 radical (unpaired) electrons. The second kappa shape index (κ2) is 6.46. The van der Waals surface area contributed by atoms with Gasteiger partial charge in [-0.05, 0) is 0 Å². The predicted molar refractivity (Wildman–Crippen MR) is 83.2 cm³/mol. The number of H-pyrrole nitrogens is 1. The van der Waals surface area contributed by atoms with Gasteiger partial charge in [-0.2, -0.15) is 9.97 Å². The third-order valence-electron chi connectivity index (χ3n) is 3.55. The molecular formula is C11H17N6O7P. The molecule has 13 nitrogen and oxygen atoms in total. The number of rotatable bonds is 6. The highest BCUT2D eigenvalue weighted by molar-refractivity contribution is 7.52. The van der Waals surface area contributed by atoms with Gasteiger partial charge in [-0.1, -0.05) is 0 Å². The number of nitrogens with two attached hydrogens (primary N) is 1. The minimum Gasteiger partial charge on any atom is -0.388 e. The summed E-state index contributed by atoms with van der Waals surface area (Å²) >= 11 is 0. The smallest absolute Gasteiger partial charge is 0.353 e. The molecule has 1 unspecified atom stereocenters. The summed E-state index contributed by atoms with van der Waals surface area (Å²) in [5.41, 5.74) is 6.18. The van der Waals surface area contributed by atoms with Gasteiger partial charge in [0.25, 0.3) is 5.91 Å². The summed E-state index contributed by atoms with van der Waals surface area (Å²) in [4.78, 5) is 24.1. The largest absolute Gasteiger partial charge is 0.388 e. The number of aromatic nitrogens is 4. The van der Waals surface area contributed by atoms with E-state index in [0.717, 1.165) is 7.11 Å². The van der Waals surface area contributed by atoms with Crippen LogP contribution in [-0.4, -0.2) is 73.2 Å². The molecular weight excluding hydrogens is 359 g/mol. The summed E-state index contributed by atoms with van der Waals surface area (Å²) in [5, 5.41) is 22.7. The number of imidazole rings is 1. The van der Waals surface area contributed by atoms with E-state index in [1.54, 1.807) is 0 Å². The van der Waals surface area contributed by atoms with Crippen molar-refractivity contribution in [2.24, 2.45) is 0 Å². The van der Waals surface area contributed by atoms with Crippen LogP contribution in [0.2, 0.25) is 0 Å². The molecule has 3 rings (SSSR count). The summed E-state index contributed by atoms with van der Waals surface area (Å²) < 4.78 is 26.7.